The van der Waals surface area contributed by atoms with Crippen LogP contribution in [0.3, 0.4) is 0 Å². The SMILES string of the molecule is CC/C=C\C/C=C\C/C=C\C/C=C\C/C=C\C/C=C\C/C=C\CCCCCCCCCCCCCCCCCCCC(=O)OC(COC(=O)CCCCCCCCCCCCCCCCC/C=C\C/C=C\C/C=C\C/C=C\C/C=C\CC)COC(OCC[N+](C)(C)C)C(=O)[O-]. The minimum atomic E-state index is -1.63. The van der Waals surface area contributed by atoms with E-state index >= 15 is 0 Å². The fraction of sp³-hybridized carbons (Fsp3) is 0.686. The first kappa shape index (κ1) is 90.2. The van der Waals surface area contributed by atoms with Crippen molar-refractivity contribution in [3.05, 3.63) is 146 Å². The molecule has 9 heteroatoms. The van der Waals surface area contributed by atoms with Gasteiger partial charge < -0.3 is 33.3 Å². The summed E-state index contributed by atoms with van der Waals surface area (Å²) in [6, 6.07) is 0. The van der Waals surface area contributed by atoms with Crippen LogP contribution in [0.15, 0.2) is 146 Å². The van der Waals surface area contributed by atoms with Crippen molar-refractivity contribution in [1.29, 1.82) is 0 Å². The van der Waals surface area contributed by atoms with Crippen LogP contribution in [0, 0.1) is 0 Å². The predicted molar refractivity (Wildman–Crippen MR) is 407 cm³/mol. The molecular weight excluding hydrogens is 1170 g/mol. The lowest BCUT2D eigenvalue weighted by atomic mass is 10.0. The van der Waals surface area contributed by atoms with Crippen molar-refractivity contribution in [3.8, 4) is 0 Å². The predicted octanol–water partition coefficient (Wildman–Crippen LogP) is 23.7. The van der Waals surface area contributed by atoms with Crippen LogP contribution < -0.4 is 5.11 Å². The van der Waals surface area contributed by atoms with Crippen molar-refractivity contribution in [3.63, 3.8) is 0 Å². The minimum absolute atomic E-state index is 0.144. The number of carboxylic acids is 1. The first-order valence-corrected chi connectivity index (χ1v) is 39.0. The van der Waals surface area contributed by atoms with Gasteiger partial charge in [-0.3, -0.25) is 9.59 Å². The third-order valence-electron chi connectivity index (χ3n) is 16.6. The molecule has 0 aliphatic carbocycles. The summed E-state index contributed by atoms with van der Waals surface area (Å²) in [4.78, 5) is 37.6. The van der Waals surface area contributed by atoms with E-state index in [4.69, 9.17) is 18.9 Å². The van der Waals surface area contributed by atoms with E-state index < -0.39 is 24.3 Å². The van der Waals surface area contributed by atoms with Crippen LogP contribution >= 0.6 is 0 Å². The molecule has 0 heterocycles. The van der Waals surface area contributed by atoms with E-state index in [9.17, 15) is 19.5 Å². The molecule has 0 aliphatic rings. The van der Waals surface area contributed by atoms with E-state index in [2.05, 4.69) is 160 Å². The number of quaternary nitrogens is 1. The third-order valence-corrected chi connectivity index (χ3v) is 16.6. The molecule has 2 atom stereocenters. The third kappa shape index (κ3) is 76.4. The van der Waals surface area contributed by atoms with Crippen molar-refractivity contribution in [2.45, 2.75) is 334 Å². The molecule has 0 spiro atoms. The lowest BCUT2D eigenvalue weighted by Crippen LogP contribution is -2.44. The van der Waals surface area contributed by atoms with Crippen LogP contribution in [0.25, 0.3) is 0 Å². The Labute approximate surface area is 585 Å². The molecule has 542 valence electrons. The second-order valence-electron chi connectivity index (χ2n) is 26.9. The van der Waals surface area contributed by atoms with Crippen LogP contribution in [-0.4, -0.2) is 82.3 Å². The molecule has 0 bridgehead atoms. The maximum Gasteiger partial charge on any atom is 0.306 e. The number of ether oxygens (including phenoxy) is 4. The Morgan fingerprint density at radius 1 is 0.316 bits per heavy atom. The number of carboxylic acid groups (broad SMARTS) is 1. The summed E-state index contributed by atoms with van der Waals surface area (Å²) in [6.07, 6.45) is 107. The Bertz CT molecular complexity index is 2080. The number of aliphatic carboxylic acids is 1. The first-order valence-electron chi connectivity index (χ1n) is 39.0. The van der Waals surface area contributed by atoms with Gasteiger partial charge in [-0.15, -0.1) is 0 Å². The highest BCUT2D eigenvalue weighted by molar-refractivity contribution is 5.70. The summed E-state index contributed by atoms with van der Waals surface area (Å²) >= 11 is 0. The molecule has 0 radical (unpaired) electrons. The fourth-order valence-corrected chi connectivity index (χ4v) is 10.7. The zero-order chi connectivity index (χ0) is 69.0. The van der Waals surface area contributed by atoms with Crippen molar-refractivity contribution in [2.24, 2.45) is 0 Å². The van der Waals surface area contributed by atoms with E-state index in [1.165, 1.54) is 173 Å². The Kier molecular flexibility index (Phi) is 71.1. The lowest BCUT2D eigenvalue weighted by Gasteiger charge is -2.26. The van der Waals surface area contributed by atoms with E-state index in [0.717, 1.165) is 116 Å². The van der Waals surface area contributed by atoms with Crippen molar-refractivity contribution in [1.82, 2.24) is 0 Å². The van der Waals surface area contributed by atoms with E-state index in [0.29, 0.717) is 17.4 Å². The number of unbranched alkanes of at least 4 members (excludes halogenated alkanes) is 32. The van der Waals surface area contributed by atoms with Crippen molar-refractivity contribution >= 4 is 17.9 Å². The molecule has 0 amide bonds. The number of hydrogen-bond acceptors (Lipinski definition) is 8. The van der Waals surface area contributed by atoms with Gasteiger partial charge in [0.05, 0.1) is 40.3 Å². The van der Waals surface area contributed by atoms with Gasteiger partial charge in [0, 0.05) is 12.8 Å². The molecule has 2 unspecified atom stereocenters. The molecule has 0 aliphatic heterocycles. The monoisotopic (exact) mass is 1320 g/mol. The number of rotatable bonds is 71. The number of esters is 2. The molecule has 0 aromatic carbocycles. The quantitative estimate of drug-likeness (QED) is 0.0195. The second-order valence-corrected chi connectivity index (χ2v) is 26.9. The summed E-state index contributed by atoms with van der Waals surface area (Å²) in [5.41, 5.74) is 0. The number of allylic oxidation sites excluding steroid dienone is 24. The summed E-state index contributed by atoms with van der Waals surface area (Å²) in [5, 5.41) is 11.9. The van der Waals surface area contributed by atoms with Gasteiger partial charge in [-0.2, -0.15) is 0 Å². The van der Waals surface area contributed by atoms with Gasteiger partial charge in [0.25, 0.3) is 0 Å². The van der Waals surface area contributed by atoms with Gasteiger partial charge in [0.2, 0.25) is 0 Å². The largest absolute Gasteiger partial charge is 0.545 e. The van der Waals surface area contributed by atoms with Gasteiger partial charge in [-0.1, -0.05) is 339 Å². The molecular formula is C86H145NO8. The molecule has 0 saturated heterocycles. The number of carbonyl (C=O) groups is 3. The number of likely N-dealkylation sites (N-methyl/N-ethyl adjacent to an activating group) is 1. The van der Waals surface area contributed by atoms with Crippen LogP contribution in [0.1, 0.15) is 322 Å². The molecule has 0 aromatic heterocycles. The number of hydrogen-bond donors (Lipinski definition) is 0. The topological polar surface area (TPSA) is 111 Å². The molecule has 95 heavy (non-hydrogen) atoms. The Morgan fingerprint density at radius 2 is 0.568 bits per heavy atom. The normalized spacial score (nSPS) is 13.5. The van der Waals surface area contributed by atoms with E-state index in [1.54, 1.807) is 0 Å². The fourth-order valence-electron chi connectivity index (χ4n) is 10.7. The average Bonchev–Trinajstić information content (AvgIpc) is 2.92. The summed E-state index contributed by atoms with van der Waals surface area (Å²) in [7, 11) is 5.94. The molecule has 0 N–H and O–H groups in total. The Morgan fingerprint density at radius 3 is 0.842 bits per heavy atom. The van der Waals surface area contributed by atoms with Crippen LogP contribution in [-0.2, 0) is 33.3 Å². The van der Waals surface area contributed by atoms with Crippen LogP contribution in [0.5, 0.6) is 0 Å². The van der Waals surface area contributed by atoms with Crippen molar-refractivity contribution < 1.29 is 42.9 Å². The van der Waals surface area contributed by atoms with Gasteiger partial charge in [-0.05, 0) is 116 Å². The first-order chi connectivity index (χ1) is 46.6. The molecule has 0 saturated carbocycles. The van der Waals surface area contributed by atoms with Gasteiger partial charge in [-0.25, -0.2) is 0 Å². The maximum atomic E-state index is 13.0. The molecule has 0 fully saturated rings. The highest BCUT2D eigenvalue weighted by Crippen LogP contribution is 2.18. The minimum Gasteiger partial charge on any atom is -0.545 e. The summed E-state index contributed by atoms with van der Waals surface area (Å²) < 4.78 is 22.9. The molecule has 0 aromatic rings. The standard InChI is InChI=1S/C86H145NO8/c1-6-8-10-12-14-16-18-20-22-24-26-28-30-32-34-36-38-39-40-41-42-43-44-45-47-49-51-53-55-57-59-61-63-65-67-69-71-73-75-77-84(89)95-82(81-94-86(85(90)91)92-79-78-87(3,4)5)80-93-83(88)76-74-72-70-68-66-64-62-60-58-56-54-52-50-48-46-37-35-33-31-29-27-25-23-21-19-17-15-13-11-9-7-2/h8-11,14-17,20-23,26-29,32-35,38-39,41-42,82,86H,6-7,12-13,18-19,24-25,30-31,36-37,40,43-81H2,1-5H3/b10-8-,11-9-,16-14-,17-15-,22-20-,23-21-,28-26-,29-27-,34-32-,35-33-,39-38-,42-41-. The highest BCUT2D eigenvalue weighted by atomic mass is 16.7. The zero-order valence-electron chi connectivity index (χ0n) is 62.0. The van der Waals surface area contributed by atoms with Gasteiger partial charge in [0.1, 0.15) is 13.2 Å². The Balaban J connectivity index is 4.05. The Hall–Kier alpha value is -4.83. The van der Waals surface area contributed by atoms with E-state index in [-0.39, 0.29) is 38.6 Å². The lowest BCUT2D eigenvalue weighted by molar-refractivity contribution is -0.870. The average molecular weight is 1320 g/mol. The zero-order valence-corrected chi connectivity index (χ0v) is 62.0. The van der Waals surface area contributed by atoms with Crippen LogP contribution in [0.2, 0.25) is 0 Å². The molecule has 0 rings (SSSR count). The highest BCUT2D eigenvalue weighted by Gasteiger charge is 2.22. The van der Waals surface area contributed by atoms with Crippen LogP contribution in [0.4, 0.5) is 0 Å². The van der Waals surface area contributed by atoms with Gasteiger partial charge in [0.15, 0.2) is 12.4 Å². The number of nitrogens with zero attached hydrogens (tertiary/aromatic N) is 1. The number of carbonyl (C=O) groups excluding carboxylic acids is 3. The van der Waals surface area contributed by atoms with E-state index in [1.807, 2.05) is 21.1 Å². The summed E-state index contributed by atoms with van der Waals surface area (Å²) in [6.45, 7) is 4.54. The summed E-state index contributed by atoms with van der Waals surface area (Å²) in [5.74, 6) is -2.28. The smallest absolute Gasteiger partial charge is 0.306 e. The molecule has 9 nitrogen and oxygen atoms in total. The van der Waals surface area contributed by atoms with Crippen molar-refractivity contribution in [2.75, 3.05) is 47.5 Å². The second kappa shape index (κ2) is 75.0. The maximum absolute atomic E-state index is 13.0. The van der Waals surface area contributed by atoms with Gasteiger partial charge >= 0.3 is 11.9 Å².